The lowest BCUT2D eigenvalue weighted by Gasteiger charge is -2.14. The molecule has 29 heavy (non-hydrogen) atoms. The molecular weight excluding hydrogens is 376 g/mol. The molecule has 9 nitrogen and oxygen atoms in total. The quantitative estimate of drug-likeness (QED) is 0.680. The predicted molar refractivity (Wildman–Crippen MR) is 104 cm³/mol. The van der Waals surface area contributed by atoms with E-state index in [-0.39, 0.29) is 31.4 Å². The third kappa shape index (κ3) is 4.09. The first-order valence-electron chi connectivity index (χ1n) is 8.83. The molecule has 3 aromatic rings. The monoisotopic (exact) mass is 394 g/mol. The van der Waals surface area contributed by atoms with Crippen molar-refractivity contribution >= 4 is 11.6 Å². The van der Waals surface area contributed by atoms with Crippen LogP contribution in [0, 0.1) is 0 Å². The van der Waals surface area contributed by atoms with Crippen molar-refractivity contribution in [3.8, 4) is 22.9 Å². The highest BCUT2D eigenvalue weighted by molar-refractivity contribution is 5.91. The van der Waals surface area contributed by atoms with Crippen LogP contribution in [0.25, 0.3) is 11.4 Å². The first kappa shape index (κ1) is 18.6. The Hall–Kier alpha value is -3.72. The Balaban J connectivity index is 1.62. The highest BCUT2D eigenvalue weighted by atomic mass is 16.7. The van der Waals surface area contributed by atoms with Gasteiger partial charge in [0.05, 0.1) is 12.3 Å². The summed E-state index contributed by atoms with van der Waals surface area (Å²) in [5, 5.41) is 2.77. The number of nitrogens with zero attached hydrogens (tertiary/aromatic N) is 3. The minimum Gasteiger partial charge on any atom is -0.454 e. The number of carbonyl (C=O) groups excluding carboxylic acids is 1. The van der Waals surface area contributed by atoms with Crippen LogP contribution >= 0.6 is 0 Å². The molecule has 0 radical (unpaired) electrons. The van der Waals surface area contributed by atoms with E-state index >= 15 is 0 Å². The number of rotatable bonds is 6. The normalized spacial score (nSPS) is 12.0. The fourth-order valence-corrected chi connectivity index (χ4v) is 2.97. The van der Waals surface area contributed by atoms with Crippen molar-refractivity contribution in [2.24, 2.45) is 0 Å². The summed E-state index contributed by atoms with van der Waals surface area (Å²) in [5.41, 5.74) is 1.35. The Morgan fingerprint density at radius 1 is 1.17 bits per heavy atom. The van der Waals surface area contributed by atoms with Gasteiger partial charge in [0.1, 0.15) is 12.4 Å². The van der Waals surface area contributed by atoms with Gasteiger partial charge in [0.15, 0.2) is 11.5 Å². The second kappa shape index (κ2) is 8.11. The fraction of sp³-hybridized carbons (Fsp3) is 0.200. The molecule has 0 unspecified atom stereocenters. The minimum absolute atomic E-state index is 0.150. The highest BCUT2D eigenvalue weighted by Crippen LogP contribution is 2.34. The molecule has 1 aliphatic heterocycles. The SMILES string of the molecule is COCc1cc(=O)n(CC(=O)Nc2ccc3c(c2)OCO3)c(-c2ccncc2)n1. The van der Waals surface area contributed by atoms with Gasteiger partial charge >= 0.3 is 0 Å². The largest absolute Gasteiger partial charge is 0.454 e. The van der Waals surface area contributed by atoms with E-state index < -0.39 is 0 Å². The topological polar surface area (TPSA) is 105 Å². The van der Waals surface area contributed by atoms with E-state index in [0.29, 0.717) is 34.3 Å². The average molecular weight is 394 g/mol. The Labute approximate surface area is 165 Å². The van der Waals surface area contributed by atoms with E-state index in [9.17, 15) is 9.59 Å². The second-order valence-electron chi connectivity index (χ2n) is 6.28. The maximum atomic E-state index is 12.7. The number of ether oxygens (including phenoxy) is 3. The van der Waals surface area contributed by atoms with Gasteiger partial charge in [-0.15, -0.1) is 0 Å². The number of hydrogen-bond donors (Lipinski definition) is 1. The van der Waals surface area contributed by atoms with Gasteiger partial charge in [-0.2, -0.15) is 0 Å². The van der Waals surface area contributed by atoms with Crippen LogP contribution in [-0.4, -0.2) is 34.3 Å². The Bertz CT molecular complexity index is 1100. The summed E-state index contributed by atoms with van der Waals surface area (Å²) in [5.74, 6) is 1.18. The van der Waals surface area contributed by atoms with Crippen molar-refractivity contribution in [1.29, 1.82) is 0 Å². The summed E-state index contributed by atoms with van der Waals surface area (Å²) in [7, 11) is 1.53. The van der Waals surface area contributed by atoms with E-state index in [4.69, 9.17) is 14.2 Å². The zero-order valence-electron chi connectivity index (χ0n) is 15.6. The van der Waals surface area contributed by atoms with E-state index in [1.54, 1.807) is 42.7 Å². The molecule has 3 heterocycles. The van der Waals surface area contributed by atoms with Gasteiger partial charge in [-0.3, -0.25) is 19.1 Å². The van der Waals surface area contributed by atoms with Crippen LogP contribution in [0.3, 0.4) is 0 Å². The van der Waals surface area contributed by atoms with Crippen LogP contribution in [0.15, 0.2) is 53.6 Å². The highest BCUT2D eigenvalue weighted by Gasteiger charge is 2.17. The predicted octanol–water partition coefficient (Wildman–Crippen LogP) is 1.82. The molecule has 0 saturated heterocycles. The van der Waals surface area contributed by atoms with Gasteiger partial charge in [-0.1, -0.05) is 0 Å². The number of aromatic nitrogens is 3. The maximum absolute atomic E-state index is 12.7. The van der Waals surface area contributed by atoms with Crippen LogP contribution < -0.4 is 20.3 Å². The van der Waals surface area contributed by atoms with Crippen molar-refractivity contribution in [1.82, 2.24) is 14.5 Å². The van der Waals surface area contributed by atoms with Crippen molar-refractivity contribution in [3.05, 3.63) is 64.8 Å². The molecule has 148 valence electrons. The first-order valence-corrected chi connectivity index (χ1v) is 8.83. The fourth-order valence-electron chi connectivity index (χ4n) is 2.97. The number of amides is 1. The summed E-state index contributed by atoms with van der Waals surface area (Å²) in [6.07, 6.45) is 3.20. The van der Waals surface area contributed by atoms with Crippen molar-refractivity contribution in [3.63, 3.8) is 0 Å². The molecule has 1 amide bonds. The number of benzene rings is 1. The van der Waals surface area contributed by atoms with Gasteiger partial charge in [0.25, 0.3) is 5.56 Å². The van der Waals surface area contributed by atoms with E-state index in [1.807, 2.05) is 0 Å². The van der Waals surface area contributed by atoms with E-state index in [1.165, 1.54) is 17.7 Å². The van der Waals surface area contributed by atoms with Crippen LogP contribution in [-0.2, 0) is 22.7 Å². The molecule has 1 N–H and O–H groups in total. The molecule has 0 atom stereocenters. The number of hydrogen-bond acceptors (Lipinski definition) is 7. The molecule has 0 saturated carbocycles. The zero-order chi connectivity index (χ0) is 20.2. The minimum atomic E-state index is -0.373. The van der Waals surface area contributed by atoms with Crippen LogP contribution in [0.1, 0.15) is 5.69 Å². The standard InChI is InChI=1S/C20H18N4O5/c1-27-11-15-9-19(26)24(20(23-15)13-4-6-21-7-5-13)10-18(25)22-14-2-3-16-17(8-14)29-12-28-16/h2-9H,10-12H2,1H3,(H,22,25). The lowest BCUT2D eigenvalue weighted by atomic mass is 10.2. The summed E-state index contributed by atoms with van der Waals surface area (Å²) in [6, 6.07) is 9.91. The molecule has 1 aliphatic rings. The summed E-state index contributed by atoms with van der Waals surface area (Å²) in [4.78, 5) is 33.8. The van der Waals surface area contributed by atoms with Crippen molar-refractivity contribution < 1.29 is 19.0 Å². The lowest BCUT2D eigenvalue weighted by molar-refractivity contribution is -0.116. The number of pyridine rings is 1. The summed E-state index contributed by atoms with van der Waals surface area (Å²) in [6.45, 7) is 0.139. The molecule has 0 aliphatic carbocycles. The molecule has 0 spiro atoms. The van der Waals surface area contributed by atoms with Gasteiger partial charge in [0, 0.05) is 42.9 Å². The molecule has 9 heteroatoms. The van der Waals surface area contributed by atoms with Crippen molar-refractivity contribution in [2.45, 2.75) is 13.2 Å². The Morgan fingerprint density at radius 3 is 2.76 bits per heavy atom. The zero-order valence-corrected chi connectivity index (χ0v) is 15.6. The summed E-state index contributed by atoms with van der Waals surface area (Å²) >= 11 is 0. The molecule has 1 aromatic carbocycles. The number of carbonyl (C=O) groups is 1. The first-order chi connectivity index (χ1) is 14.1. The van der Waals surface area contributed by atoms with Gasteiger partial charge < -0.3 is 19.5 Å². The number of fused-ring (bicyclic) bond motifs is 1. The maximum Gasteiger partial charge on any atom is 0.254 e. The van der Waals surface area contributed by atoms with Gasteiger partial charge in [-0.05, 0) is 24.3 Å². The summed E-state index contributed by atoms with van der Waals surface area (Å²) < 4.78 is 17.0. The molecule has 0 bridgehead atoms. The van der Waals surface area contributed by atoms with E-state index in [0.717, 1.165) is 0 Å². The molecule has 2 aromatic heterocycles. The number of anilines is 1. The van der Waals surface area contributed by atoms with Crippen LogP contribution in [0.5, 0.6) is 11.5 Å². The van der Waals surface area contributed by atoms with Gasteiger partial charge in [-0.25, -0.2) is 4.98 Å². The average Bonchev–Trinajstić information content (AvgIpc) is 3.18. The smallest absolute Gasteiger partial charge is 0.254 e. The molecule has 0 fully saturated rings. The Morgan fingerprint density at radius 2 is 1.97 bits per heavy atom. The second-order valence-corrected chi connectivity index (χ2v) is 6.28. The third-order valence-electron chi connectivity index (χ3n) is 4.25. The number of nitrogens with one attached hydrogen (secondary N) is 1. The van der Waals surface area contributed by atoms with Gasteiger partial charge in [0.2, 0.25) is 12.7 Å². The van der Waals surface area contributed by atoms with Crippen LogP contribution in [0.4, 0.5) is 5.69 Å². The third-order valence-corrected chi connectivity index (χ3v) is 4.25. The molecular formula is C20H18N4O5. The van der Waals surface area contributed by atoms with Crippen LogP contribution in [0.2, 0.25) is 0 Å². The van der Waals surface area contributed by atoms with Crippen molar-refractivity contribution in [2.75, 3.05) is 19.2 Å². The molecule has 4 rings (SSSR count). The lowest BCUT2D eigenvalue weighted by Crippen LogP contribution is -2.30. The Kier molecular flexibility index (Phi) is 5.21. The van der Waals surface area contributed by atoms with E-state index in [2.05, 4.69) is 15.3 Å². The number of methoxy groups -OCH3 is 1.